The average molecular weight is 504 g/mol. The first-order chi connectivity index (χ1) is 17.7. The number of phenolic OH excluding ortho intramolecular Hbond substituents is 1. The van der Waals surface area contributed by atoms with Crippen LogP contribution in [-0.2, 0) is 30.3 Å². The Morgan fingerprint density at radius 1 is 0.892 bits per heavy atom. The van der Waals surface area contributed by atoms with Crippen molar-refractivity contribution < 1.29 is 38.5 Å². The second-order valence-corrected chi connectivity index (χ2v) is 8.53. The maximum absolute atomic E-state index is 12.7. The Morgan fingerprint density at radius 2 is 1.51 bits per heavy atom. The summed E-state index contributed by atoms with van der Waals surface area (Å²) in [7, 11) is 0. The van der Waals surface area contributed by atoms with Crippen LogP contribution >= 0.6 is 0 Å². The highest BCUT2D eigenvalue weighted by Gasteiger charge is 2.30. The van der Waals surface area contributed by atoms with Crippen molar-refractivity contribution in [2.45, 2.75) is 32.2 Å². The number of aromatic hydroxyl groups is 1. The molecular formula is C28H25NO8. The Kier molecular flexibility index (Phi) is 7.52. The Labute approximate surface area is 213 Å². The number of ether oxygens (including phenoxy) is 3. The van der Waals surface area contributed by atoms with Crippen LogP contribution < -0.4 is 10.1 Å². The summed E-state index contributed by atoms with van der Waals surface area (Å²) in [6.07, 6.45) is -0.988. The lowest BCUT2D eigenvalue weighted by atomic mass is 9.98. The van der Waals surface area contributed by atoms with Gasteiger partial charge < -0.3 is 24.6 Å². The molecule has 0 radical (unpaired) electrons. The number of phenols is 1. The number of esters is 3. The Hall–Kier alpha value is -4.66. The van der Waals surface area contributed by atoms with E-state index in [0.717, 1.165) is 29.2 Å². The predicted octanol–water partition coefficient (Wildman–Crippen LogP) is 3.86. The lowest BCUT2D eigenvalue weighted by molar-refractivity contribution is -0.159. The van der Waals surface area contributed by atoms with E-state index in [1.807, 2.05) is 48.5 Å². The zero-order valence-corrected chi connectivity index (χ0v) is 20.2. The molecule has 1 aliphatic carbocycles. The van der Waals surface area contributed by atoms with Crippen LogP contribution in [-0.4, -0.2) is 41.8 Å². The number of amides is 1. The zero-order valence-electron chi connectivity index (χ0n) is 20.2. The molecule has 1 aliphatic rings. The molecule has 3 aromatic carbocycles. The van der Waals surface area contributed by atoms with Gasteiger partial charge in [-0.2, -0.15) is 0 Å². The number of alkyl carbamates (subject to hydrolysis) is 1. The monoisotopic (exact) mass is 503 g/mol. The number of carbonyl (C=O) groups excluding carboxylic acids is 4. The molecule has 1 atom stereocenters. The van der Waals surface area contributed by atoms with Gasteiger partial charge in [0.25, 0.3) is 0 Å². The molecule has 4 rings (SSSR count). The summed E-state index contributed by atoms with van der Waals surface area (Å²) < 4.78 is 15.1. The van der Waals surface area contributed by atoms with Crippen molar-refractivity contribution in [1.82, 2.24) is 5.32 Å². The minimum absolute atomic E-state index is 0.0339. The molecule has 2 N–H and O–H groups in total. The fraction of sp³-hybridized carbons (Fsp3) is 0.214. The SMILES string of the molecule is CC(=O)OC(=O)[C@H](Cc1ccc(OC(C)=O)c(O)c1)NC(=O)OCC1c2ccccc2-c2ccccc21. The molecule has 0 bridgehead atoms. The fourth-order valence-corrected chi connectivity index (χ4v) is 4.36. The van der Waals surface area contributed by atoms with Crippen molar-refractivity contribution in [2.24, 2.45) is 0 Å². The first kappa shape index (κ1) is 25.4. The van der Waals surface area contributed by atoms with E-state index in [1.165, 1.54) is 25.1 Å². The average Bonchev–Trinajstić information content (AvgIpc) is 3.17. The number of hydrogen-bond acceptors (Lipinski definition) is 8. The van der Waals surface area contributed by atoms with Crippen molar-refractivity contribution in [3.63, 3.8) is 0 Å². The smallest absolute Gasteiger partial charge is 0.407 e. The topological polar surface area (TPSA) is 128 Å². The van der Waals surface area contributed by atoms with Gasteiger partial charge in [0.15, 0.2) is 11.5 Å². The molecule has 3 aromatic rings. The van der Waals surface area contributed by atoms with Gasteiger partial charge in [-0.25, -0.2) is 9.59 Å². The highest BCUT2D eigenvalue weighted by molar-refractivity contribution is 5.89. The minimum atomic E-state index is -1.28. The van der Waals surface area contributed by atoms with E-state index >= 15 is 0 Å². The van der Waals surface area contributed by atoms with E-state index in [2.05, 4.69) is 10.1 Å². The summed E-state index contributed by atoms with van der Waals surface area (Å²) in [6, 6.07) is 18.6. The van der Waals surface area contributed by atoms with Crippen molar-refractivity contribution >= 4 is 24.0 Å². The third-order valence-electron chi connectivity index (χ3n) is 5.88. The number of fused-ring (bicyclic) bond motifs is 3. The number of benzene rings is 3. The van der Waals surface area contributed by atoms with Crippen molar-refractivity contribution in [1.29, 1.82) is 0 Å². The summed E-state index contributed by atoms with van der Waals surface area (Å²) in [5.74, 6) is -2.98. The van der Waals surface area contributed by atoms with Crippen LogP contribution in [0.2, 0.25) is 0 Å². The van der Waals surface area contributed by atoms with Gasteiger partial charge in [0.05, 0.1) is 0 Å². The largest absolute Gasteiger partial charge is 0.504 e. The van der Waals surface area contributed by atoms with Crippen LogP contribution in [0.25, 0.3) is 11.1 Å². The Balaban J connectivity index is 1.46. The Morgan fingerprint density at radius 3 is 2.08 bits per heavy atom. The van der Waals surface area contributed by atoms with Gasteiger partial charge in [0.2, 0.25) is 0 Å². The Bertz CT molecular complexity index is 1320. The third-order valence-corrected chi connectivity index (χ3v) is 5.88. The molecule has 1 amide bonds. The van der Waals surface area contributed by atoms with Gasteiger partial charge in [-0.05, 0) is 39.9 Å². The molecule has 0 saturated heterocycles. The molecule has 37 heavy (non-hydrogen) atoms. The third kappa shape index (κ3) is 5.95. The van der Waals surface area contributed by atoms with Crippen LogP contribution in [0.5, 0.6) is 11.5 Å². The summed E-state index contributed by atoms with van der Waals surface area (Å²) in [5.41, 5.74) is 4.64. The van der Waals surface area contributed by atoms with Gasteiger partial charge in [-0.3, -0.25) is 9.59 Å². The standard InChI is InChI=1S/C28H25NO8/c1-16(30)36-26-12-11-18(14-25(26)32)13-24(27(33)37-17(2)31)29-28(34)35-15-23-21-9-5-3-7-19(21)20-8-4-6-10-22(20)23/h3-12,14,23-24,32H,13,15H2,1-2H3,(H,29,34)/t24-/m0/s1. The lowest BCUT2D eigenvalue weighted by Crippen LogP contribution is -2.44. The number of rotatable bonds is 7. The van der Waals surface area contributed by atoms with Crippen LogP contribution in [0.1, 0.15) is 36.5 Å². The van der Waals surface area contributed by atoms with Gasteiger partial charge in [0.1, 0.15) is 12.6 Å². The molecule has 190 valence electrons. The van der Waals surface area contributed by atoms with E-state index in [4.69, 9.17) is 9.47 Å². The first-order valence-electron chi connectivity index (χ1n) is 11.6. The highest BCUT2D eigenvalue weighted by Crippen LogP contribution is 2.44. The van der Waals surface area contributed by atoms with Crippen LogP contribution in [0.4, 0.5) is 4.79 Å². The summed E-state index contributed by atoms with van der Waals surface area (Å²) in [6.45, 7) is 2.30. The van der Waals surface area contributed by atoms with Crippen molar-refractivity contribution in [3.05, 3.63) is 83.4 Å². The lowest BCUT2D eigenvalue weighted by Gasteiger charge is -2.19. The van der Waals surface area contributed by atoms with E-state index in [0.29, 0.717) is 5.56 Å². The van der Waals surface area contributed by atoms with Crippen LogP contribution in [0.3, 0.4) is 0 Å². The van der Waals surface area contributed by atoms with E-state index in [-0.39, 0.29) is 30.4 Å². The molecule has 0 aromatic heterocycles. The molecule has 0 fully saturated rings. The van der Waals surface area contributed by atoms with Crippen molar-refractivity contribution in [2.75, 3.05) is 6.61 Å². The molecule has 9 nitrogen and oxygen atoms in total. The van der Waals surface area contributed by atoms with E-state index in [9.17, 15) is 24.3 Å². The van der Waals surface area contributed by atoms with Crippen LogP contribution in [0, 0.1) is 0 Å². The summed E-state index contributed by atoms with van der Waals surface area (Å²) in [5, 5.41) is 12.6. The van der Waals surface area contributed by atoms with Gasteiger partial charge in [-0.1, -0.05) is 54.6 Å². The molecule has 0 spiro atoms. The molecule has 9 heteroatoms. The highest BCUT2D eigenvalue weighted by atomic mass is 16.6. The quantitative estimate of drug-likeness (QED) is 0.283. The second-order valence-electron chi connectivity index (χ2n) is 8.53. The summed E-state index contributed by atoms with van der Waals surface area (Å²) in [4.78, 5) is 47.8. The van der Waals surface area contributed by atoms with Crippen molar-refractivity contribution in [3.8, 4) is 22.6 Å². The molecule has 0 unspecified atom stereocenters. The summed E-state index contributed by atoms with van der Waals surface area (Å²) >= 11 is 0. The number of carbonyl (C=O) groups is 4. The van der Waals surface area contributed by atoms with Gasteiger partial charge in [0, 0.05) is 26.2 Å². The predicted molar refractivity (Wildman–Crippen MR) is 132 cm³/mol. The normalized spacial score (nSPS) is 12.6. The van der Waals surface area contributed by atoms with Gasteiger partial charge in [-0.15, -0.1) is 0 Å². The molecular weight excluding hydrogens is 478 g/mol. The van der Waals surface area contributed by atoms with E-state index in [1.54, 1.807) is 0 Å². The van der Waals surface area contributed by atoms with Crippen LogP contribution in [0.15, 0.2) is 66.7 Å². The second kappa shape index (κ2) is 10.9. The van der Waals surface area contributed by atoms with Gasteiger partial charge >= 0.3 is 24.0 Å². The maximum Gasteiger partial charge on any atom is 0.407 e. The minimum Gasteiger partial charge on any atom is -0.504 e. The number of hydrogen-bond donors (Lipinski definition) is 2. The first-order valence-corrected chi connectivity index (χ1v) is 11.6. The zero-order chi connectivity index (χ0) is 26.5. The molecule has 0 aliphatic heterocycles. The number of nitrogens with one attached hydrogen (secondary N) is 1. The molecule has 0 heterocycles. The van der Waals surface area contributed by atoms with E-state index < -0.39 is 30.0 Å². The maximum atomic E-state index is 12.7. The fourth-order valence-electron chi connectivity index (χ4n) is 4.36. The molecule has 0 saturated carbocycles.